The fourth-order valence-electron chi connectivity index (χ4n) is 4.05. The standard InChI is InChI=1S/C31H30N6O5/c1-20-6-3-4-7-25(20)36-31(41)34-24-13-9-21(10-14-24)18-28(38)33-23-15-11-22(12-16-23)27(19-29(39)42-2)35-30(40)26-8-5-17-32-37-26/h3-17,27H,18-19H2,1-2H3,(H,33,38)(H,35,40)(H2,34,36,41)/t27-/m1/s1. The van der Waals surface area contributed by atoms with Gasteiger partial charge in [-0.2, -0.15) is 5.10 Å². The van der Waals surface area contributed by atoms with Gasteiger partial charge in [0.2, 0.25) is 5.91 Å². The summed E-state index contributed by atoms with van der Waals surface area (Å²) in [7, 11) is 1.27. The van der Waals surface area contributed by atoms with Gasteiger partial charge in [0.05, 0.1) is 26.0 Å². The number of aromatic nitrogens is 2. The lowest BCUT2D eigenvalue weighted by atomic mass is 10.0. The van der Waals surface area contributed by atoms with Gasteiger partial charge in [-0.1, -0.05) is 42.5 Å². The zero-order chi connectivity index (χ0) is 29.9. The number of carbonyl (C=O) groups excluding carboxylic acids is 4. The molecule has 0 spiro atoms. The van der Waals surface area contributed by atoms with E-state index in [9.17, 15) is 19.2 Å². The summed E-state index contributed by atoms with van der Waals surface area (Å²) in [4.78, 5) is 49.6. The van der Waals surface area contributed by atoms with Gasteiger partial charge in [-0.05, 0) is 66.1 Å². The molecular formula is C31H30N6O5. The molecule has 4 N–H and O–H groups in total. The smallest absolute Gasteiger partial charge is 0.323 e. The number of nitrogens with zero attached hydrogens (tertiary/aromatic N) is 2. The molecule has 11 heteroatoms. The van der Waals surface area contributed by atoms with Gasteiger partial charge < -0.3 is 26.0 Å². The monoisotopic (exact) mass is 566 g/mol. The van der Waals surface area contributed by atoms with Crippen LogP contribution in [-0.4, -0.2) is 41.1 Å². The first-order valence-electron chi connectivity index (χ1n) is 13.1. The van der Waals surface area contributed by atoms with Crippen molar-refractivity contribution in [3.8, 4) is 0 Å². The molecule has 0 aliphatic heterocycles. The van der Waals surface area contributed by atoms with Crippen LogP contribution in [0.1, 0.15) is 39.6 Å². The summed E-state index contributed by atoms with van der Waals surface area (Å²) in [6.07, 6.45) is 1.49. The molecule has 0 bridgehead atoms. The highest BCUT2D eigenvalue weighted by Crippen LogP contribution is 2.21. The molecule has 0 saturated heterocycles. The van der Waals surface area contributed by atoms with E-state index in [1.54, 1.807) is 54.6 Å². The van der Waals surface area contributed by atoms with Gasteiger partial charge in [0.25, 0.3) is 5.91 Å². The minimum absolute atomic E-state index is 0.0907. The van der Waals surface area contributed by atoms with Crippen LogP contribution in [0.15, 0.2) is 91.1 Å². The van der Waals surface area contributed by atoms with Crippen LogP contribution in [0.5, 0.6) is 0 Å². The average molecular weight is 567 g/mol. The quantitative estimate of drug-likeness (QED) is 0.204. The summed E-state index contributed by atoms with van der Waals surface area (Å²) in [6, 6.07) is 23.3. The number of ether oxygens (including phenoxy) is 1. The first-order chi connectivity index (χ1) is 20.3. The summed E-state index contributed by atoms with van der Waals surface area (Å²) in [6.45, 7) is 1.91. The van der Waals surface area contributed by atoms with Crippen molar-refractivity contribution in [2.24, 2.45) is 0 Å². The SMILES string of the molecule is COC(=O)C[C@@H](NC(=O)c1cccnn1)c1ccc(NC(=O)Cc2ccc(NC(=O)Nc3ccccc3C)cc2)cc1. The second-order valence-electron chi connectivity index (χ2n) is 9.35. The fourth-order valence-corrected chi connectivity index (χ4v) is 4.05. The first kappa shape index (κ1) is 29.4. The van der Waals surface area contributed by atoms with E-state index in [2.05, 4.69) is 31.5 Å². The van der Waals surface area contributed by atoms with E-state index in [-0.39, 0.29) is 30.5 Å². The Labute approximate surface area is 242 Å². The van der Waals surface area contributed by atoms with Gasteiger partial charge in [-0.3, -0.25) is 14.4 Å². The van der Waals surface area contributed by atoms with Crippen LogP contribution < -0.4 is 21.3 Å². The number of para-hydroxylation sites is 1. The Balaban J connectivity index is 1.32. The highest BCUT2D eigenvalue weighted by atomic mass is 16.5. The Morgan fingerprint density at radius 3 is 2.17 bits per heavy atom. The lowest BCUT2D eigenvalue weighted by Crippen LogP contribution is -2.31. The number of methoxy groups -OCH3 is 1. The summed E-state index contributed by atoms with van der Waals surface area (Å²) < 4.78 is 4.78. The van der Waals surface area contributed by atoms with Crippen molar-refractivity contribution in [3.63, 3.8) is 0 Å². The highest BCUT2D eigenvalue weighted by molar-refractivity contribution is 6.00. The van der Waals surface area contributed by atoms with Crippen molar-refractivity contribution in [2.45, 2.75) is 25.8 Å². The molecule has 4 rings (SSSR count). The van der Waals surface area contributed by atoms with E-state index < -0.39 is 17.9 Å². The average Bonchev–Trinajstić information content (AvgIpc) is 2.99. The Morgan fingerprint density at radius 1 is 0.810 bits per heavy atom. The third-order valence-corrected chi connectivity index (χ3v) is 6.28. The molecule has 0 fully saturated rings. The van der Waals surface area contributed by atoms with Crippen LogP contribution in [-0.2, 0) is 20.7 Å². The number of rotatable bonds is 10. The predicted octanol–water partition coefficient (Wildman–Crippen LogP) is 4.64. The van der Waals surface area contributed by atoms with Crippen molar-refractivity contribution in [1.29, 1.82) is 0 Å². The predicted molar refractivity (Wildman–Crippen MR) is 158 cm³/mol. The summed E-state index contributed by atoms with van der Waals surface area (Å²) >= 11 is 0. The second kappa shape index (κ2) is 14.2. The van der Waals surface area contributed by atoms with E-state index in [1.165, 1.54) is 19.4 Å². The van der Waals surface area contributed by atoms with Crippen molar-refractivity contribution in [2.75, 3.05) is 23.1 Å². The topological polar surface area (TPSA) is 151 Å². The molecule has 0 aliphatic carbocycles. The molecule has 4 aromatic rings. The molecule has 1 heterocycles. The van der Waals surface area contributed by atoms with Gasteiger partial charge in [-0.15, -0.1) is 5.10 Å². The Morgan fingerprint density at radius 2 is 1.50 bits per heavy atom. The number of aryl methyl sites for hydroxylation is 1. The molecule has 0 aliphatic rings. The van der Waals surface area contributed by atoms with E-state index in [0.29, 0.717) is 16.9 Å². The van der Waals surface area contributed by atoms with Gasteiger partial charge >= 0.3 is 12.0 Å². The zero-order valence-electron chi connectivity index (χ0n) is 23.1. The van der Waals surface area contributed by atoms with Crippen LogP contribution >= 0.6 is 0 Å². The van der Waals surface area contributed by atoms with Gasteiger partial charge in [-0.25, -0.2) is 4.79 Å². The number of hydrogen-bond donors (Lipinski definition) is 4. The molecule has 0 radical (unpaired) electrons. The van der Waals surface area contributed by atoms with Gasteiger partial charge in [0.1, 0.15) is 0 Å². The minimum atomic E-state index is -0.678. The van der Waals surface area contributed by atoms with E-state index in [1.807, 2.05) is 31.2 Å². The number of anilines is 3. The van der Waals surface area contributed by atoms with Crippen LogP contribution in [0.25, 0.3) is 0 Å². The third-order valence-electron chi connectivity index (χ3n) is 6.28. The number of hydrogen-bond acceptors (Lipinski definition) is 7. The van der Waals surface area contributed by atoms with Crippen LogP contribution in [0, 0.1) is 6.92 Å². The maximum absolute atomic E-state index is 12.7. The maximum Gasteiger partial charge on any atom is 0.323 e. The molecule has 1 atom stereocenters. The van der Waals surface area contributed by atoms with E-state index in [4.69, 9.17) is 4.74 Å². The summed E-state index contributed by atoms with van der Waals surface area (Å²) in [5.41, 5.74) is 4.34. The summed E-state index contributed by atoms with van der Waals surface area (Å²) in [5.74, 6) is -1.21. The molecule has 0 unspecified atom stereocenters. The number of esters is 1. The molecule has 4 amide bonds. The zero-order valence-corrected chi connectivity index (χ0v) is 23.1. The molecule has 1 aromatic heterocycles. The fraction of sp³-hybridized carbons (Fsp3) is 0.161. The number of nitrogens with one attached hydrogen (secondary N) is 4. The van der Waals surface area contributed by atoms with Crippen molar-refractivity contribution in [3.05, 3.63) is 114 Å². The Bertz CT molecular complexity index is 1540. The maximum atomic E-state index is 12.7. The number of urea groups is 1. The Kier molecular flexibility index (Phi) is 9.92. The lowest BCUT2D eigenvalue weighted by molar-refractivity contribution is -0.141. The van der Waals surface area contributed by atoms with E-state index >= 15 is 0 Å². The molecular weight excluding hydrogens is 536 g/mol. The third kappa shape index (κ3) is 8.46. The molecule has 42 heavy (non-hydrogen) atoms. The van der Waals surface area contributed by atoms with Crippen LogP contribution in [0.3, 0.4) is 0 Å². The van der Waals surface area contributed by atoms with Crippen LogP contribution in [0.2, 0.25) is 0 Å². The second-order valence-corrected chi connectivity index (χ2v) is 9.35. The summed E-state index contributed by atoms with van der Waals surface area (Å²) in [5, 5.41) is 18.7. The normalized spacial score (nSPS) is 11.1. The Hall–Kier alpha value is -5.58. The molecule has 11 nitrogen and oxygen atoms in total. The minimum Gasteiger partial charge on any atom is -0.469 e. The molecule has 0 saturated carbocycles. The van der Waals surface area contributed by atoms with Crippen molar-refractivity contribution >= 4 is 40.9 Å². The van der Waals surface area contributed by atoms with Gasteiger partial charge in [0.15, 0.2) is 5.69 Å². The lowest BCUT2D eigenvalue weighted by Gasteiger charge is -2.18. The molecule has 3 aromatic carbocycles. The number of amides is 4. The van der Waals surface area contributed by atoms with E-state index in [0.717, 1.165) is 16.8 Å². The van der Waals surface area contributed by atoms with Crippen LogP contribution in [0.4, 0.5) is 21.9 Å². The number of carbonyl (C=O) groups is 4. The van der Waals surface area contributed by atoms with Gasteiger partial charge in [0, 0.05) is 23.3 Å². The number of benzene rings is 3. The highest BCUT2D eigenvalue weighted by Gasteiger charge is 2.21. The van der Waals surface area contributed by atoms with Crippen molar-refractivity contribution < 1.29 is 23.9 Å². The molecule has 214 valence electrons. The largest absolute Gasteiger partial charge is 0.469 e. The first-order valence-corrected chi connectivity index (χ1v) is 13.1. The van der Waals surface area contributed by atoms with Crippen molar-refractivity contribution in [1.82, 2.24) is 15.5 Å².